The van der Waals surface area contributed by atoms with Crippen LogP contribution in [0, 0.1) is 17.1 Å². The van der Waals surface area contributed by atoms with Gasteiger partial charge < -0.3 is 19.8 Å². The van der Waals surface area contributed by atoms with E-state index in [0.29, 0.717) is 0 Å². The summed E-state index contributed by atoms with van der Waals surface area (Å²) >= 11 is 0. The molecule has 0 bridgehead atoms. The fourth-order valence-corrected chi connectivity index (χ4v) is 2.08. The van der Waals surface area contributed by atoms with Gasteiger partial charge in [0.25, 0.3) is 0 Å². The number of aromatic nitrogens is 1. The van der Waals surface area contributed by atoms with Crippen molar-refractivity contribution in [3.05, 3.63) is 41.5 Å². The van der Waals surface area contributed by atoms with E-state index in [0.717, 1.165) is 0 Å². The lowest BCUT2D eigenvalue weighted by atomic mass is 10.2. The first-order valence-electron chi connectivity index (χ1n) is 6.46. The van der Waals surface area contributed by atoms with Gasteiger partial charge in [0, 0.05) is 6.20 Å². The Kier molecular flexibility index (Phi) is 4.32. The van der Waals surface area contributed by atoms with Gasteiger partial charge in [-0.05, 0) is 19.1 Å². The average molecular weight is 303 g/mol. The summed E-state index contributed by atoms with van der Waals surface area (Å²) in [5.74, 6) is -1.35. The summed E-state index contributed by atoms with van der Waals surface area (Å²) in [6.07, 6.45) is 1.35. The zero-order valence-corrected chi connectivity index (χ0v) is 12.1. The van der Waals surface area contributed by atoms with Crippen LogP contribution in [0.15, 0.2) is 24.4 Å². The van der Waals surface area contributed by atoms with Gasteiger partial charge in [-0.15, -0.1) is 0 Å². The standard InChI is InChI=1S/C15H14FN3O3/c1-3-22-14-10(16)5-4-6-11(14)19-8-9(7-17)12(18)13(19)15(20)21-2/h4-6,8H,3,18H2,1-2H3. The smallest absolute Gasteiger partial charge is 0.357 e. The normalized spacial score (nSPS) is 10.1. The average Bonchev–Trinajstić information content (AvgIpc) is 2.85. The number of nitrogen functional groups attached to an aromatic ring is 1. The van der Waals surface area contributed by atoms with E-state index >= 15 is 0 Å². The number of rotatable bonds is 4. The number of hydrogen-bond acceptors (Lipinski definition) is 5. The number of nitrogens with zero attached hydrogens (tertiary/aromatic N) is 2. The van der Waals surface area contributed by atoms with Gasteiger partial charge in [0.1, 0.15) is 6.07 Å². The Balaban J connectivity index is 2.76. The van der Waals surface area contributed by atoms with Gasteiger partial charge >= 0.3 is 5.97 Å². The first-order chi connectivity index (χ1) is 10.5. The molecule has 0 spiro atoms. The molecule has 0 radical (unpaired) electrons. The molecule has 1 heterocycles. The highest BCUT2D eigenvalue weighted by atomic mass is 19.1. The van der Waals surface area contributed by atoms with Crippen molar-refractivity contribution in [2.75, 3.05) is 19.5 Å². The summed E-state index contributed by atoms with van der Waals surface area (Å²) < 4.78 is 25.3. The number of anilines is 1. The van der Waals surface area contributed by atoms with Crippen molar-refractivity contribution in [2.24, 2.45) is 0 Å². The second-order valence-corrected chi connectivity index (χ2v) is 4.30. The lowest BCUT2D eigenvalue weighted by Gasteiger charge is -2.14. The lowest BCUT2D eigenvalue weighted by molar-refractivity contribution is 0.0593. The van der Waals surface area contributed by atoms with Crippen molar-refractivity contribution >= 4 is 11.7 Å². The van der Waals surface area contributed by atoms with Crippen molar-refractivity contribution < 1.29 is 18.7 Å². The van der Waals surface area contributed by atoms with Crippen molar-refractivity contribution in [3.63, 3.8) is 0 Å². The van der Waals surface area contributed by atoms with E-state index in [1.54, 1.807) is 13.0 Å². The molecule has 0 amide bonds. The predicted molar refractivity (Wildman–Crippen MR) is 77.4 cm³/mol. The zero-order valence-electron chi connectivity index (χ0n) is 12.1. The summed E-state index contributed by atoms with van der Waals surface area (Å²) in [5.41, 5.74) is 6.08. The van der Waals surface area contributed by atoms with E-state index < -0.39 is 11.8 Å². The molecule has 114 valence electrons. The van der Waals surface area contributed by atoms with Crippen molar-refractivity contribution in [1.29, 1.82) is 5.26 Å². The number of carbonyl (C=O) groups excluding carboxylic acids is 1. The maximum atomic E-state index is 14.0. The van der Waals surface area contributed by atoms with Crippen LogP contribution < -0.4 is 10.5 Å². The van der Waals surface area contributed by atoms with Gasteiger partial charge in [0.2, 0.25) is 0 Å². The van der Waals surface area contributed by atoms with Gasteiger partial charge in [-0.2, -0.15) is 5.26 Å². The van der Waals surface area contributed by atoms with Crippen molar-refractivity contribution in [3.8, 4) is 17.5 Å². The van der Waals surface area contributed by atoms with E-state index in [-0.39, 0.29) is 35.0 Å². The largest absolute Gasteiger partial charge is 0.489 e. The topological polar surface area (TPSA) is 90.3 Å². The third kappa shape index (κ3) is 2.46. The molecule has 0 saturated carbocycles. The van der Waals surface area contributed by atoms with E-state index in [1.165, 1.54) is 30.0 Å². The molecule has 2 rings (SSSR count). The Morgan fingerprint density at radius 1 is 1.50 bits per heavy atom. The SMILES string of the molecule is CCOc1c(F)cccc1-n1cc(C#N)c(N)c1C(=O)OC. The highest BCUT2D eigenvalue weighted by Gasteiger charge is 2.24. The summed E-state index contributed by atoms with van der Waals surface area (Å²) in [6, 6.07) is 6.15. The first kappa shape index (κ1) is 15.4. The number of ether oxygens (including phenoxy) is 2. The Morgan fingerprint density at radius 2 is 2.23 bits per heavy atom. The van der Waals surface area contributed by atoms with Crippen LogP contribution in [0.5, 0.6) is 5.75 Å². The molecule has 22 heavy (non-hydrogen) atoms. The van der Waals surface area contributed by atoms with Gasteiger partial charge in [-0.3, -0.25) is 0 Å². The van der Waals surface area contributed by atoms with Crippen molar-refractivity contribution in [2.45, 2.75) is 6.92 Å². The molecule has 0 atom stereocenters. The molecular weight excluding hydrogens is 289 g/mol. The second-order valence-electron chi connectivity index (χ2n) is 4.30. The van der Waals surface area contributed by atoms with Crippen LogP contribution in [-0.2, 0) is 4.74 Å². The second kappa shape index (κ2) is 6.18. The quantitative estimate of drug-likeness (QED) is 0.875. The lowest BCUT2D eigenvalue weighted by Crippen LogP contribution is -2.12. The molecule has 2 N–H and O–H groups in total. The number of esters is 1. The van der Waals surface area contributed by atoms with Gasteiger partial charge in [-0.1, -0.05) is 6.07 Å². The minimum atomic E-state index is -0.731. The number of nitrogens with two attached hydrogens (primary N) is 1. The third-order valence-corrected chi connectivity index (χ3v) is 3.04. The van der Waals surface area contributed by atoms with Crippen molar-refractivity contribution in [1.82, 2.24) is 4.57 Å². The van der Waals surface area contributed by atoms with E-state index in [2.05, 4.69) is 4.74 Å². The minimum absolute atomic E-state index is 0.0268. The molecule has 0 aliphatic rings. The molecule has 0 fully saturated rings. The number of hydrogen-bond donors (Lipinski definition) is 1. The third-order valence-electron chi connectivity index (χ3n) is 3.04. The zero-order chi connectivity index (χ0) is 16.3. The van der Waals surface area contributed by atoms with E-state index in [9.17, 15) is 9.18 Å². The predicted octanol–water partition coefficient (Wildman–Crippen LogP) is 2.26. The number of halogens is 1. The number of benzene rings is 1. The van der Waals surface area contributed by atoms with Crippen LogP contribution >= 0.6 is 0 Å². The van der Waals surface area contributed by atoms with Gasteiger partial charge in [-0.25, -0.2) is 9.18 Å². The maximum Gasteiger partial charge on any atom is 0.357 e. The molecule has 2 aromatic rings. The van der Waals surface area contributed by atoms with Gasteiger partial charge in [0.15, 0.2) is 17.3 Å². The fraction of sp³-hybridized carbons (Fsp3) is 0.200. The fourth-order valence-electron chi connectivity index (χ4n) is 2.08. The van der Waals surface area contributed by atoms with Crippen LogP contribution in [0.3, 0.4) is 0 Å². The molecule has 0 aliphatic heterocycles. The number of methoxy groups -OCH3 is 1. The molecular formula is C15H14FN3O3. The maximum absolute atomic E-state index is 14.0. The Bertz CT molecular complexity index is 762. The number of carbonyl (C=O) groups is 1. The molecule has 0 aliphatic carbocycles. The molecule has 6 nitrogen and oxygen atoms in total. The minimum Gasteiger partial charge on any atom is -0.489 e. The van der Waals surface area contributed by atoms with E-state index in [4.69, 9.17) is 15.7 Å². The van der Waals surface area contributed by atoms with Crippen LogP contribution in [-0.4, -0.2) is 24.3 Å². The number of para-hydroxylation sites is 1. The first-order valence-corrected chi connectivity index (χ1v) is 6.46. The van der Waals surface area contributed by atoms with Gasteiger partial charge in [0.05, 0.1) is 30.7 Å². The summed E-state index contributed by atoms with van der Waals surface area (Å²) in [6.45, 7) is 1.95. The van der Waals surface area contributed by atoms with E-state index in [1.807, 2.05) is 6.07 Å². The monoisotopic (exact) mass is 303 g/mol. The molecule has 0 saturated heterocycles. The number of nitriles is 1. The molecule has 1 aromatic heterocycles. The van der Waals surface area contributed by atoms with Crippen LogP contribution in [0.2, 0.25) is 0 Å². The summed E-state index contributed by atoms with van der Waals surface area (Å²) in [7, 11) is 1.19. The molecule has 7 heteroatoms. The Morgan fingerprint density at radius 3 is 2.82 bits per heavy atom. The van der Waals surface area contributed by atoms with Crippen LogP contribution in [0.4, 0.5) is 10.1 Å². The van der Waals surface area contributed by atoms with Crippen LogP contribution in [0.25, 0.3) is 5.69 Å². The summed E-state index contributed by atoms with van der Waals surface area (Å²) in [4.78, 5) is 11.9. The molecule has 1 aromatic carbocycles. The highest BCUT2D eigenvalue weighted by molar-refractivity contribution is 5.96. The highest BCUT2D eigenvalue weighted by Crippen LogP contribution is 2.31. The summed E-state index contributed by atoms with van der Waals surface area (Å²) in [5, 5.41) is 9.08. The Labute approximate surface area is 126 Å². The van der Waals surface area contributed by atoms with Crippen LogP contribution in [0.1, 0.15) is 23.0 Å². The molecule has 0 unspecified atom stereocenters. The Hall–Kier alpha value is -3.01.